The highest BCUT2D eigenvalue weighted by atomic mass is 16.5. The Bertz CT molecular complexity index is 666. The van der Waals surface area contributed by atoms with Gasteiger partial charge in [0.05, 0.1) is 7.11 Å². The summed E-state index contributed by atoms with van der Waals surface area (Å²) in [5.74, 6) is 1.25. The van der Waals surface area contributed by atoms with Gasteiger partial charge in [-0.3, -0.25) is 0 Å². The zero-order chi connectivity index (χ0) is 17.4. The van der Waals surface area contributed by atoms with Crippen LogP contribution in [0.2, 0.25) is 0 Å². The number of phenolic OH excluding ortho intramolecular Hbond substituents is 1. The molecule has 0 saturated carbocycles. The van der Waals surface area contributed by atoms with Crippen molar-refractivity contribution in [3.05, 3.63) is 47.5 Å². The van der Waals surface area contributed by atoms with Crippen LogP contribution in [0.25, 0.3) is 11.1 Å². The Morgan fingerprint density at radius 2 is 1.30 bits per heavy atom. The molecule has 2 aromatic carbocycles. The second-order valence-corrected chi connectivity index (χ2v) is 8.12. The Kier molecular flexibility index (Phi) is 4.48. The minimum Gasteiger partial charge on any atom is -0.507 e. The number of rotatable bonds is 2. The Morgan fingerprint density at radius 1 is 0.826 bits per heavy atom. The monoisotopic (exact) mass is 312 g/mol. The van der Waals surface area contributed by atoms with Gasteiger partial charge in [0.15, 0.2) is 0 Å². The molecule has 0 aromatic heterocycles. The summed E-state index contributed by atoms with van der Waals surface area (Å²) >= 11 is 0. The van der Waals surface area contributed by atoms with E-state index in [1.54, 1.807) is 7.11 Å². The molecule has 2 rings (SSSR count). The Labute approximate surface area is 140 Å². The molecule has 0 heterocycles. The molecule has 0 aliphatic heterocycles. The van der Waals surface area contributed by atoms with Crippen molar-refractivity contribution in [2.75, 3.05) is 7.11 Å². The largest absolute Gasteiger partial charge is 0.507 e. The van der Waals surface area contributed by atoms with Crippen LogP contribution in [-0.2, 0) is 10.8 Å². The van der Waals surface area contributed by atoms with E-state index in [9.17, 15) is 5.11 Å². The molecule has 2 aromatic rings. The van der Waals surface area contributed by atoms with Crippen molar-refractivity contribution in [2.24, 2.45) is 0 Å². The van der Waals surface area contributed by atoms with E-state index in [1.165, 1.54) is 0 Å². The van der Waals surface area contributed by atoms with Crippen LogP contribution in [0.3, 0.4) is 0 Å². The zero-order valence-corrected chi connectivity index (χ0v) is 15.3. The quantitative estimate of drug-likeness (QED) is 0.775. The molecule has 0 bridgehead atoms. The molecule has 124 valence electrons. The number of hydrogen-bond donors (Lipinski definition) is 1. The zero-order valence-electron chi connectivity index (χ0n) is 15.3. The van der Waals surface area contributed by atoms with Crippen LogP contribution < -0.4 is 4.74 Å². The Balaban J connectivity index is 2.80. The SMILES string of the molecule is COc1ccccc1-c1cc(C(C)(C)C)c(O)c(C(C)(C)C)c1. The molecule has 0 saturated heterocycles. The summed E-state index contributed by atoms with van der Waals surface area (Å²) in [6, 6.07) is 12.2. The summed E-state index contributed by atoms with van der Waals surface area (Å²) in [7, 11) is 1.69. The minimum absolute atomic E-state index is 0.137. The van der Waals surface area contributed by atoms with Crippen LogP contribution in [-0.4, -0.2) is 12.2 Å². The molecule has 0 unspecified atom stereocenters. The fourth-order valence-electron chi connectivity index (χ4n) is 2.82. The van der Waals surface area contributed by atoms with Gasteiger partial charge in [0.2, 0.25) is 0 Å². The molecular formula is C21H28O2. The molecular weight excluding hydrogens is 284 g/mol. The molecule has 0 amide bonds. The van der Waals surface area contributed by atoms with Crippen LogP contribution in [0.5, 0.6) is 11.5 Å². The summed E-state index contributed by atoms with van der Waals surface area (Å²) < 4.78 is 5.52. The summed E-state index contributed by atoms with van der Waals surface area (Å²) in [4.78, 5) is 0. The van der Waals surface area contributed by atoms with E-state index >= 15 is 0 Å². The third-order valence-electron chi connectivity index (χ3n) is 4.14. The maximum atomic E-state index is 10.8. The van der Waals surface area contributed by atoms with Crippen LogP contribution in [0, 0.1) is 0 Å². The molecule has 23 heavy (non-hydrogen) atoms. The van der Waals surface area contributed by atoms with Crippen molar-refractivity contribution >= 4 is 0 Å². The first-order valence-electron chi connectivity index (χ1n) is 8.07. The van der Waals surface area contributed by atoms with E-state index in [-0.39, 0.29) is 10.8 Å². The lowest BCUT2D eigenvalue weighted by Gasteiger charge is -2.28. The highest BCUT2D eigenvalue weighted by Crippen LogP contribution is 2.43. The molecule has 0 aliphatic rings. The third kappa shape index (κ3) is 3.52. The van der Waals surface area contributed by atoms with E-state index in [4.69, 9.17) is 4.74 Å². The Hall–Kier alpha value is -1.96. The maximum absolute atomic E-state index is 10.8. The summed E-state index contributed by atoms with van der Waals surface area (Å²) in [6.45, 7) is 12.8. The smallest absolute Gasteiger partial charge is 0.126 e. The molecule has 2 heteroatoms. The van der Waals surface area contributed by atoms with Crippen LogP contribution in [0.15, 0.2) is 36.4 Å². The number of hydrogen-bond acceptors (Lipinski definition) is 2. The van der Waals surface area contributed by atoms with Gasteiger partial charge in [0.1, 0.15) is 11.5 Å². The van der Waals surface area contributed by atoms with Gasteiger partial charge in [-0.1, -0.05) is 59.7 Å². The van der Waals surface area contributed by atoms with E-state index in [2.05, 4.69) is 59.7 Å². The standard InChI is InChI=1S/C21H28O2/c1-20(2,3)16-12-14(13-17(19(16)22)21(4,5)6)15-10-8-9-11-18(15)23-7/h8-13,22H,1-7H3. The molecule has 2 nitrogen and oxygen atoms in total. The lowest BCUT2D eigenvalue weighted by molar-refractivity contribution is 0.415. The van der Waals surface area contributed by atoms with Gasteiger partial charge in [0, 0.05) is 16.7 Å². The number of methoxy groups -OCH3 is 1. The Morgan fingerprint density at radius 3 is 1.74 bits per heavy atom. The molecule has 0 aliphatic carbocycles. The highest BCUT2D eigenvalue weighted by molar-refractivity contribution is 5.74. The van der Waals surface area contributed by atoms with Crippen LogP contribution in [0.4, 0.5) is 0 Å². The van der Waals surface area contributed by atoms with Crippen molar-refractivity contribution in [3.8, 4) is 22.6 Å². The lowest BCUT2D eigenvalue weighted by Crippen LogP contribution is -2.17. The van der Waals surface area contributed by atoms with Gasteiger partial charge in [-0.2, -0.15) is 0 Å². The number of para-hydroxylation sites is 1. The first-order valence-corrected chi connectivity index (χ1v) is 8.07. The van der Waals surface area contributed by atoms with Crippen LogP contribution in [0.1, 0.15) is 52.7 Å². The number of benzene rings is 2. The summed E-state index contributed by atoms with van der Waals surface area (Å²) in [5.41, 5.74) is 3.78. The lowest BCUT2D eigenvalue weighted by atomic mass is 9.77. The highest BCUT2D eigenvalue weighted by Gasteiger charge is 2.27. The van der Waals surface area contributed by atoms with Gasteiger partial charge >= 0.3 is 0 Å². The molecule has 0 fully saturated rings. The molecule has 1 N–H and O–H groups in total. The van der Waals surface area contributed by atoms with Gasteiger partial charge in [-0.25, -0.2) is 0 Å². The predicted molar refractivity (Wildman–Crippen MR) is 97.5 cm³/mol. The maximum Gasteiger partial charge on any atom is 0.126 e. The predicted octanol–water partition coefficient (Wildman–Crippen LogP) is 5.66. The molecule has 0 atom stereocenters. The molecule has 0 spiro atoms. The molecule has 0 radical (unpaired) electrons. The van der Waals surface area contributed by atoms with Crippen molar-refractivity contribution in [3.63, 3.8) is 0 Å². The van der Waals surface area contributed by atoms with Crippen molar-refractivity contribution in [2.45, 2.75) is 52.4 Å². The fourth-order valence-corrected chi connectivity index (χ4v) is 2.82. The average molecular weight is 312 g/mol. The van der Waals surface area contributed by atoms with Crippen molar-refractivity contribution < 1.29 is 9.84 Å². The number of aromatic hydroxyl groups is 1. The van der Waals surface area contributed by atoms with Gasteiger partial charge < -0.3 is 9.84 Å². The van der Waals surface area contributed by atoms with Crippen molar-refractivity contribution in [1.82, 2.24) is 0 Å². The first-order chi connectivity index (χ1) is 10.6. The van der Waals surface area contributed by atoms with Crippen LogP contribution >= 0.6 is 0 Å². The second-order valence-electron chi connectivity index (χ2n) is 8.12. The van der Waals surface area contributed by atoms with Gasteiger partial charge in [-0.15, -0.1) is 0 Å². The summed E-state index contributed by atoms with van der Waals surface area (Å²) in [6.07, 6.45) is 0. The average Bonchev–Trinajstić information content (AvgIpc) is 2.45. The fraction of sp³-hybridized carbons (Fsp3) is 0.429. The first kappa shape index (κ1) is 17.4. The number of phenols is 1. The third-order valence-corrected chi connectivity index (χ3v) is 4.14. The second kappa shape index (κ2) is 5.92. The van der Waals surface area contributed by atoms with Gasteiger partial charge in [-0.05, 0) is 34.6 Å². The van der Waals surface area contributed by atoms with E-state index in [1.807, 2.05) is 18.2 Å². The topological polar surface area (TPSA) is 29.5 Å². The van der Waals surface area contributed by atoms with E-state index in [0.29, 0.717) is 5.75 Å². The van der Waals surface area contributed by atoms with Gasteiger partial charge in [0.25, 0.3) is 0 Å². The van der Waals surface area contributed by atoms with E-state index in [0.717, 1.165) is 28.0 Å². The summed E-state index contributed by atoms with van der Waals surface area (Å²) in [5, 5.41) is 10.8. The number of ether oxygens (including phenoxy) is 1. The van der Waals surface area contributed by atoms with E-state index < -0.39 is 0 Å². The van der Waals surface area contributed by atoms with Crippen molar-refractivity contribution in [1.29, 1.82) is 0 Å². The minimum atomic E-state index is -0.137. The normalized spacial score (nSPS) is 12.3.